The Kier molecular flexibility index (Phi) is 3.40. The van der Waals surface area contributed by atoms with Gasteiger partial charge >= 0.3 is 0 Å². The number of hydrogen-bond acceptors (Lipinski definition) is 6. The fourth-order valence-corrected chi connectivity index (χ4v) is 2.27. The van der Waals surface area contributed by atoms with E-state index >= 15 is 0 Å². The normalized spacial score (nSPS) is 15.7. The molecular weight excluding hydrogens is 256 g/mol. The third kappa shape index (κ3) is 2.27. The van der Waals surface area contributed by atoms with E-state index < -0.39 is 0 Å². The van der Waals surface area contributed by atoms with E-state index in [1.807, 2.05) is 19.9 Å². The molecule has 20 heavy (non-hydrogen) atoms. The second-order valence-corrected chi connectivity index (χ2v) is 4.89. The van der Waals surface area contributed by atoms with Crippen molar-refractivity contribution in [1.29, 1.82) is 0 Å². The minimum absolute atomic E-state index is 0.576. The fourth-order valence-electron chi connectivity index (χ4n) is 2.27. The lowest BCUT2D eigenvalue weighted by Gasteiger charge is -2.27. The summed E-state index contributed by atoms with van der Waals surface area (Å²) in [7, 11) is 1.63. The van der Waals surface area contributed by atoms with Crippen LogP contribution in [0.25, 0.3) is 11.0 Å². The summed E-state index contributed by atoms with van der Waals surface area (Å²) in [6, 6.07) is 2.03. The van der Waals surface area contributed by atoms with Crippen molar-refractivity contribution in [2.75, 3.05) is 38.3 Å². The van der Waals surface area contributed by atoms with E-state index in [9.17, 15) is 0 Å². The van der Waals surface area contributed by atoms with E-state index in [0.717, 1.165) is 29.7 Å². The standard InChI is InChI=1S/C14H18N4O2/c1-9-8-11-12(15-10(9)2)16-14(17-13(11)19-3)18-4-6-20-7-5-18/h8H,4-7H2,1-3H3. The Morgan fingerprint density at radius 3 is 2.60 bits per heavy atom. The van der Waals surface area contributed by atoms with Crippen LogP contribution in [-0.2, 0) is 4.74 Å². The first kappa shape index (κ1) is 13.1. The molecule has 3 heterocycles. The Balaban J connectivity index is 2.12. The van der Waals surface area contributed by atoms with Crippen molar-refractivity contribution in [2.45, 2.75) is 13.8 Å². The average Bonchev–Trinajstić information content (AvgIpc) is 2.48. The molecule has 0 radical (unpaired) electrons. The summed E-state index contributed by atoms with van der Waals surface area (Å²) in [5.41, 5.74) is 2.77. The van der Waals surface area contributed by atoms with Gasteiger partial charge in [-0.2, -0.15) is 9.97 Å². The number of hydrogen-bond donors (Lipinski definition) is 0. The molecule has 1 fully saturated rings. The molecule has 0 aromatic carbocycles. The van der Waals surface area contributed by atoms with Gasteiger partial charge in [-0.1, -0.05) is 0 Å². The van der Waals surface area contributed by atoms with Gasteiger partial charge in [0.25, 0.3) is 0 Å². The molecule has 6 heteroatoms. The molecular formula is C14H18N4O2. The van der Waals surface area contributed by atoms with Gasteiger partial charge in [0, 0.05) is 18.8 Å². The van der Waals surface area contributed by atoms with Crippen LogP contribution < -0.4 is 9.64 Å². The molecule has 0 N–H and O–H groups in total. The predicted octanol–water partition coefficient (Wildman–Crippen LogP) is 1.49. The highest BCUT2D eigenvalue weighted by Crippen LogP contribution is 2.26. The maximum atomic E-state index is 5.40. The largest absolute Gasteiger partial charge is 0.480 e. The van der Waals surface area contributed by atoms with Crippen molar-refractivity contribution in [1.82, 2.24) is 15.0 Å². The topological polar surface area (TPSA) is 60.4 Å². The smallest absolute Gasteiger partial charge is 0.230 e. The minimum Gasteiger partial charge on any atom is -0.480 e. The Morgan fingerprint density at radius 2 is 1.90 bits per heavy atom. The van der Waals surface area contributed by atoms with Gasteiger partial charge in [-0.25, -0.2) is 4.98 Å². The van der Waals surface area contributed by atoms with Crippen molar-refractivity contribution in [3.05, 3.63) is 17.3 Å². The monoisotopic (exact) mass is 274 g/mol. The van der Waals surface area contributed by atoms with E-state index in [4.69, 9.17) is 9.47 Å². The molecule has 0 aliphatic carbocycles. The van der Waals surface area contributed by atoms with Gasteiger partial charge < -0.3 is 14.4 Å². The first-order valence-electron chi connectivity index (χ1n) is 6.71. The Labute approximate surface area is 117 Å². The molecule has 0 atom stereocenters. The van der Waals surface area contributed by atoms with E-state index in [-0.39, 0.29) is 0 Å². The number of anilines is 1. The molecule has 0 amide bonds. The molecule has 2 aromatic rings. The van der Waals surface area contributed by atoms with Crippen LogP contribution in [0.5, 0.6) is 5.88 Å². The summed E-state index contributed by atoms with van der Waals surface area (Å²) in [5, 5.41) is 0.854. The van der Waals surface area contributed by atoms with Crippen LogP contribution in [0.4, 0.5) is 5.95 Å². The lowest BCUT2D eigenvalue weighted by atomic mass is 10.2. The van der Waals surface area contributed by atoms with Crippen molar-refractivity contribution in [2.24, 2.45) is 0 Å². The van der Waals surface area contributed by atoms with E-state index in [1.54, 1.807) is 7.11 Å². The summed E-state index contributed by atoms with van der Waals surface area (Å²) >= 11 is 0. The number of pyridine rings is 1. The van der Waals surface area contributed by atoms with E-state index in [0.29, 0.717) is 30.7 Å². The van der Waals surface area contributed by atoms with Crippen LogP contribution in [-0.4, -0.2) is 48.4 Å². The second kappa shape index (κ2) is 5.20. The van der Waals surface area contributed by atoms with Crippen LogP contribution in [0.3, 0.4) is 0 Å². The Morgan fingerprint density at radius 1 is 1.15 bits per heavy atom. The van der Waals surface area contributed by atoms with Crippen LogP contribution in [0, 0.1) is 13.8 Å². The van der Waals surface area contributed by atoms with Gasteiger partial charge in [0.1, 0.15) is 0 Å². The molecule has 1 saturated heterocycles. The van der Waals surface area contributed by atoms with Crippen molar-refractivity contribution in [3.8, 4) is 5.88 Å². The molecule has 0 unspecified atom stereocenters. The molecule has 0 bridgehead atoms. The number of ether oxygens (including phenoxy) is 2. The molecule has 3 rings (SSSR count). The van der Waals surface area contributed by atoms with Gasteiger partial charge in [-0.05, 0) is 25.5 Å². The maximum Gasteiger partial charge on any atom is 0.230 e. The zero-order valence-corrected chi connectivity index (χ0v) is 12.0. The summed E-state index contributed by atoms with van der Waals surface area (Å²) in [6.07, 6.45) is 0. The summed E-state index contributed by atoms with van der Waals surface area (Å²) < 4.78 is 10.8. The van der Waals surface area contributed by atoms with Gasteiger partial charge in [-0.15, -0.1) is 0 Å². The Bertz CT molecular complexity index is 639. The van der Waals surface area contributed by atoms with Crippen molar-refractivity contribution >= 4 is 17.0 Å². The van der Waals surface area contributed by atoms with Crippen LogP contribution >= 0.6 is 0 Å². The minimum atomic E-state index is 0.576. The first-order chi connectivity index (χ1) is 9.69. The molecule has 6 nitrogen and oxygen atoms in total. The number of rotatable bonds is 2. The molecule has 1 aliphatic heterocycles. The number of aromatic nitrogens is 3. The summed E-state index contributed by atoms with van der Waals surface area (Å²) in [4.78, 5) is 15.7. The number of fused-ring (bicyclic) bond motifs is 1. The highest BCUT2D eigenvalue weighted by molar-refractivity contribution is 5.82. The van der Waals surface area contributed by atoms with Crippen LogP contribution in [0.15, 0.2) is 6.07 Å². The van der Waals surface area contributed by atoms with E-state index in [1.165, 1.54) is 0 Å². The SMILES string of the molecule is COc1nc(N2CCOCC2)nc2nc(C)c(C)cc12. The highest BCUT2D eigenvalue weighted by atomic mass is 16.5. The summed E-state index contributed by atoms with van der Waals surface area (Å²) in [5.74, 6) is 1.24. The Hall–Kier alpha value is -1.95. The molecule has 2 aromatic heterocycles. The lowest BCUT2D eigenvalue weighted by molar-refractivity contribution is 0.122. The second-order valence-electron chi connectivity index (χ2n) is 4.89. The van der Waals surface area contributed by atoms with Crippen LogP contribution in [0.1, 0.15) is 11.3 Å². The van der Waals surface area contributed by atoms with E-state index in [2.05, 4.69) is 19.9 Å². The van der Waals surface area contributed by atoms with Crippen molar-refractivity contribution in [3.63, 3.8) is 0 Å². The summed E-state index contributed by atoms with van der Waals surface area (Å²) in [6.45, 7) is 6.99. The number of nitrogens with zero attached hydrogens (tertiary/aromatic N) is 4. The number of morpholine rings is 1. The molecule has 106 valence electrons. The van der Waals surface area contributed by atoms with Gasteiger partial charge in [0.05, 0.1) is 25.7 Å². The molecule has 0 saturated carbocycles. The molecule has 0 spiro atoms. The third-order valence-electron chi connectivity index (χ3n) is 3.57. The fraction of sp³-hybridized carbons (Fsp3) is 0.500. The zero-order valence-electron chi connectivity index (χ0n) is 12.0. The number of aryl methyl sites for hydroxylation is 2. The van der Waals surface area contributed by atoms with Gasteiger partial charge in [0.15, 0.2) is 5.65 Å². The lowest BCUT2D eigenvalue weighted by Crippen LogP contribution is -2.37. The maximum absolute atomic E-state index is 5.40. The van der Waals surface area contributed by atoms with Gasteiger partial charge in [-0.3, -0.25) is 0 Å². The quantitative estimate of drug-likeness (QED) is 0.827. The van der Waals surface area contributed by atoms with Crippen molar-refractivity contribution < 1.29 is 9.47 Å². The molecule has 1 aliphatic rings. The average molecular weight is 274 g/mol. The first-order valence-corrected chi connectivity index (χ1v) is 6.71. The zero-order chi connectivity index (χ0) is 14.1. The number of methoxy groups -OCH3 is 1. The highest BCUT2D eigenvalue weighted by Gasteiger charge is 2.17. The predicted molar refractivity (Wildman–Crippen MR) is 76.4 cm³/mol. The van der Waals surface area contributed by atoms with Crippen LogP contribution in [0.2, 0.25) is 0 Å². The van der Waals surface area contributed by atoms with Gasteiger partial charge in [0.2, 0.25) is 11.8 Å². The third-order valence-corrected chi connectivity index (χ3v) is 3.57.